The van der Waals surface area contributed by atoms with E-state index >= 15 is 0 Å². The molecule has 6 aromatic carbocycles. The van der Waals surface area contributed by atoms with Crippen LogP contribution in [0.4, 0.5) is 0 Å². The van der Waals surface area contributed by atoms with Gasteiger partial charge in [0.05, 0.1) is 11.0 Å². The van der Waals surface area contributed by atoms with Crippen molar-refractivity contribution >= 4 is 40.3 Å². The van der Waals surface area contributed by atoms with Gasteiger partial charge in [-0.05, 0) is 74.1 Å². The van der Waals surface area contributed by atoms with Gasteiger partial charge in [-0.25, -0.2) is 4.98 Å². The number of aromatic nitrogens is 4. The van der Waals surface area contributed by atoms with Crippen LogP contribution in [0.15, 0.2) is 133 Å². The Kier molecular flexibility index (Phi) is 5.12. The normalized spacial score (nSPS) is 13.6. The summed E-state index contributed by atoms with van der Waals surface area (Å²) in [6.07, 6.45) is 0. The summed E-state index contributed by atoms with van der Waals surface area (Å²) in [7, 11) is -1.94. The summed E-state index contributed by atoms with van der Waals surface area (Å²) in [6, 6.07) is 48.3. The van der Waals surface area contributed by atoms with Crippen molar-refractivity contribution < 1.29 is 0 Å². The molecule has 0 atom stereocenters. The number of hydrogen-bond acceptors (Lipinski definition) is 3. The van der Waals surface area contributed by atoms with Crippen molar-refractivity contribution in [3.05, 3.63) is 133 Å². The summed E-state index contributed by atoms with van der Waals surface area (Å²) in [5.41, 5.74) is 11.6. The van der Waals surface area contributed by atoms with Gasteiger partial charge >= 0.3 is 0 Å². The van der Waals surface area contributed by atoms with Gasteiger partial charge in [-0.1, -0.05) is 116 Å². The lowest BCUT2D eigenvalue weighted by Crippen LogP contribution is -2.49. The number of rotatable bonds is 1. The van der Waals surface area contributed by atoms with E-state index < -0.39 is 8.07 Å². The molecule has 0 fully saturated rings. The largest absolute Gasteiger partial charge is 0.278 e. The molecule has 10 bridgehead atoms. The minimum absolute atomic E-state index is 0.623. The van der Waals surface area contributed by atoms with Gasteiger partial charge in [-0.3, -0.25) is 4.57 Å². The van der Waals surface area contributed by atoms with E-state index in [9.17, 15) is 0 Å². The zero-order chi connectivity index (χ0) is 30.6. The Morgan fingerprint density at radius 2 is 1.04 bits per heavy atom. The Morgan fingerprint density at radius 1 is 0.435 bits per heavy atom. The van der Waals surface area contributed by atoms with Crippen LogP contribution in [-0.2, 0) is 0 Å². The third kappa shape index (κ3) is 3.57. The molecule has 0 aliphatic carbocycles. The maximum absolute atomic E-state index is 5.23. The van der Waals surface area contributed by atoms with Crippen molar-refractivity contribution in [2.24, 2.45) is 0 Å². The Hall–Kier alpha value is -5.65. The highest BCUT2D eigenvalue weighted by Crippen LogP contribution is 2.39. The molecule has 2 aromatic heterocycles. The molecule has 0 amide bonds. The summed E-state index contributed by atoms with van der Waals surface area (Å²) >= 11 is 0. The van der Waals surface area contributed by atoms with Crippen LogP contribution in [0.25, 0.3) is 83.9 Å². The molecule has 0 N–H and O–H groups in total. The number of fused-ring (bicyclic) bond motifs is 14. The predicted octanol–water partition coefficient (Wildman–Crippen LogP) is 8.75. The maximum Gasteiger partial charge on any atom is 0.238 e. The molecule has 5 heteroatoms. The van der Waals surface area contributed by atoms with E-state index in [1.165, 1.54) is 49.0 Å². The first-order chi connectivity index (χ1) is 22.5. The first-order valence-corrected chi connectivity index (χ1v) is 18.8. The predicted molar refractivity (Wildman–Crippen MR) is 192 cm³/mol. The summed E-state index contributed by atoms with van der Waals surface area (Å²) in [5, 5.41) is 5.43. The fourth-order valence-corrected chi connectivity index (χ4v) is 10.7. The smallest absolute Gasteiger partial charge is 0.238 e. The quantitative estimate of drug-likeness (QED) is 0.176. The summed E-state index contributed by atoms with van der Waals surface area (Å²) < 4.78 is 2.25. The zero-order valence-electron chi connectivity index (χ0n) is 25.5. The first kappa shape index (κ1) is 25.7. The number of hydrogen-bond donors (Lipinski definition) is 0. The number of nitrogens with zero attached hydrogens (tertiary/aromatic N) is 4. The fraction of sp³-hybridized carbons (Fsp3) is 0.0488. The van der Waals surface area contributed by atoms with Crippen LogP contribution in [0.3, 0.4) is 0 Å². The second kappa shape index (κ2) is 9.19. The Labute approximate surface area is 267 Å². The van der Waals surface area contributed by atoms with E-state index in [0.717, 1.165) is 27.7 Å². The molecule has 4 nitrogen and oxygen atoms in total. The van der Waals surface area contributed by atoms with E-state index in [0.29, 0.717) is 17.6 Å². The van der Waals surface area contributed by atoms with E-state index in [2.05, 4.69) is 133 Å². The van der Waals surface area contributed by atoms with E-state index in [1.807, 2.05) is 18.2 Å². The lowest BCUT2D eigenvalue weighted by molar-refractivity contribution is 0.953. The lowest BCUT2D eigenvalue weighted by atomic mass is 9.95. The van der Waals surface area contributed by atoms with Crippen molar-refractivity contribution in [3.63, 3.8) is 0 Å². The average Bonchev–Trinajstić information content (AvgIpc) is 3.55. The van der Waals surface area contributed by atoms with Crippen molar-refractivity contribution in [1.29, 1.82) is 0 Å². The molecule has 2 aliphatic rings. The second-order valence-corrected chi connectivity index (χ2v) is 17.3. The minimum Gasteiger partial charge on any atom is -0.278 e. The highest BCUT2D eigenvalue weighted by atomic mass is 28.3. The number of para-hydroxylation sites is 1. The first-order valence-electron chi connectivity index (χ1n) is 15.8. The summed E-state index contributed by atoms with van der Waals surface area (Å²) in [6.45, 7) is 4.98. The SMILES string of the molecule is C[Si]1(C)c2ccc3cc2-c2cc4c(cc21)c1ccccc1n4-c1nc(-c2ccccc2)nc(n1)-c1cccc(c1)-c1cccc-3c1. The Bertz CT molecular complexity index is 2560. The van der Waals surface area contributed by atoms with Crippen LogP contribution >= 0.6 is 0 Å². The number of benzene rings is 6. The third-order valence-corrected chi connectivity index (χ3v) is 13.5. The van der Waals surface area contributed by atoms with Crippen molar-refractivity contribution in [3.8, 4) is 62.1 Å². The van der Waals surface area contributed by atoms with Crippen molar-refractivity contribution in [2.75, 3.05) is 0 Å². The van der Waals surface area contributed by atoms with Gasteiger partial charge in [-0.15, -0.1) is 0 Å². The molecular weight excluding hydrogens is 577 g/mol. The van der Waals surface area contributed by atoms with Gasteiger partial charge in [0.15, 0.2) is 11.6 Å². The Balaban J connectivity index is 1.39. The van der Waals surface area contributed by atoms with E-state index in [4.69, 9.17) is 15.0 Å². The van der Waals surface area contributed by atoms with Crippen molar-refractivity contribution in [2.45, 2.75) is 13.1 Å². The minimum atomic E-state index is -1.94. The van der Waals surface area contributed by atoms with Crippen LogP contribution in [0, 0.1) is 0 Å². The van der Waals surface area contributed by atoms with E-state index in [1.54, 1.807) is 0 Å². The molecular formula is C41H28N4Si. The van der Waals surface area contributed by atoms with E-state index in [-0.39, 0.29) is 0 Å². The van der Waals surface area contributed by atoms with Crippen LogP contribution in [0.2, 0.25) is 13.1 Å². The Morgan fingerprint density at radius 3 is 1.83 bits per heavy atom. The highest BCUT2D eigenvalue weighted by Gasteiger charge is 2.38. The van der Waals surface area contributed by atoms with Gasteiger partial charge in [0.2, 0.25) is 5.95 Å². The van der Waals surface area contributed by atoms with Gasteiger partial charge in [-0.2, -0.15) is 9.97 Å². The standard InChI is InChI=1S/C41H28N4Si/c1-46(2)37-19-18-29-22-33(37)34-23-36-32(24-38(34)46)31-16-6-7-17-35(31)45(36)41-43-39(25-10-4-3-5-11-25)42-40(44-41)30-15-9-14-28(21-30)26-12-8-13-27(29)20-26/h3-24H,1-2H3. The molecule has 2 aliphatic heterocycles. The van der Waals surface area contributed by atoms with Gasteiger partial charge in [0.1, 0.15) is 8.07 Å². The average molecular weight is 605 g/mol. The van der Waals surface area contributed by atoms with Crippen LogP contribution in [0.1, 0.15) is 0 Å². The molecule has 0 saturated carbocycles. The molecule has 8 aromatic rings. The molecule has 0 unspecified atom stereocenters. The fourth-order valence-electron chi connectivity index (χ4n) is 7.63. The summed E-state index contributed by atoms with van der Waals surface area (Å²) in [4.78, 5) is 15.5. The zero-order valence-corrected chi connectivity index (χ0v) is 26.5. The van der Waals surface area contributed by atoms with Crippen LogP contribution in [0.5, 0.6) is 0 Å². The van der Waals surface area contributed by atoms with Gasteiger partial charge < -0.3 is 0 Å². The lowest BCUT2D eigenvalue weighted by Gasteiger charge is -2.19. The molecule has 10 rings (SSSR count). The molecule has 0 radical (unpaired) electrons. The summed E-state index contributed by atoms with van der Waals surface area (Å²) in [5.74, 6) is 1.93. The van der Waals surface area contributed by atoms with Crippen LogP contribution < -0.4 is 10.4 Å². The monoisotopic (exact) mass is 604 g/mol. The molecule has 0 saturated heterocycles. The molecule has 4 heterocycles. The highest BCUT2D eigenvalue weighted by molar-refractivity contribution is 7.04. The second-order valence-electron chi connectivity index (χ2n) is 13.0. The molecule has 46 heavy (non-hydrogen) atoms. The maximum atomic E-state index is 5.23. The van der Waals surface area contributed by atoms with Crippen molar-refractivity contribution in [1.82, 2.24) is 19.5 Å². The topological polar surface area (TPSA) is 43.6 Å². The van der Waals surface area contributed by atoms with Crippen LogP contribution in [-0.4, -0.2) is 27.6 Å². The van der Waals surface area contributed by atoms with Gasteiger partial charge in [0.25, 0.3) is 0 Å². The third-order valence-electron chi connectivity index (χ3n) is 9.97. The molecule has 0 spiro atoms. The van der Waals surface area contributed by atoms with Gasteiger partial charge in [0, 0.05) is 21.9 Å². The molecule has 216 valence electrons.